The van der Waals surface area contributed by atoms with Crippen LogP contribution in [0, 0.1) is 5.92 Å². The molecule has 2 aromatic carbocycles. The van der Waals surface area contributed by atoms with Gasteiger partial charge in [0.1, 0.15) is 5.75 Å². The van der Waals surface area contributed by atoms with Gasteiger partial charge in [-0.2, -0.15) is 0 Å². The molecule has 1 fully saturated rings. The van der Waals surface area contributed by atoms with Crippen molar-refractivity contribution in [3.8, 4) is 16.9 Å². The Bertz CT molecular complexity index is 1000. The summed E-state index contributed by atoms with van der Waals surface area (Å²) in [6, 6.07) is 15.2. The van der Waals surface area contributed by atoms with Crippen LogP contribution in [0.1, 0.15) is 23.2 Å². The smallest absolute Gasteiger partial charge is 0.225 e. The van der Waals surface area contributed by atoms with Crippen molar-refractivity contribution < 1.29 is 9.53 Å². The Labute approximate surface area is 175 Å². The quantitative estimate of drug-likeness (QED) is 0.563. The first-order chi connectivity index (χ1) is 14.2. The average molecular weight is 408 g/mol. The molecule has 0 amide bonds. The molecule has 2 heterocycles. The summed E-state index contributed by atoms with van der Waals surface area (Å²) in [5.41, 5.74) is 2.59. The first-order valence-electron chi connectivity index (χ1n) is 9.66. The van der Waals surface area contributed by atoms with Crippen molar-refractivity contribution >= 4 is 23.3 Å². The fraction of sp³-hybridized carbons (Fsp3) is 0.261. The molecule has 29 heavy (non-hydrogen) atoms. The maximum absolute atomic E-state index is 13.2. The molecule has 1 saturated heterocycles. The van der Waals surface area contributed by atoms with E-state index in [-0.39, 0.29) is 11.7 Å². The van der Waals surface area contributed by atoms with Gasteiger partial charge < -0.3 is 9.64 Å². The first kappa shape index (κ1) is 19.4. The molecule has 4 rings (SSSR count). The highest BCUT2D eigenvalue weighted by atomic mass is 35.5. The van der Waals surface area contributed by atoms with Gasteiger partial charge in [-0.25, -0.2) is 9.97 Å². The molecule has 1 aliphatic rings. The number of carbonyl (C=O) groups excluding carboxylic acids is 1. The predicted molar refractivity (Wildman–Crippen MR) is 115 cm³/mol. The predicted octanol–water partition coefficient (Wildman–Crippen LogP) is 4.90. The number of benzene rings is 2. The zero-order chi connectivity index (χ0) is 20.2. The van der Waals surface area contributed by atoms with Crippen LogP contribution in [0.5, 0.6) is 5.75 Å². The van der Waals surface area contributed by atoms with Crippen LogP contribution in [-0.2, 0) is 0 Å². The van der Waals surface area contributed by atoms with Crippen molar-refractivity contribution in [1.29, 1.82) is 0 Å². The lowest BCUT2D eigenvalue weighted by atomic mass is 9.88. The lowest BCUT2D eigenvalue weighted by Gasteiger charge is -2.31. The molecule has 148 valence electrons. The Morgan fingerprint density at radius 1 is 1.03 bits per heavy atom. The molecular formula is C23H22ClN3O2. The Kier molecular flexibility index (Phi) is 5.76. The summed E-state index contributed by atoms with van der Waals surface area (Å²) in [5, 5.41) is 0.677. The molecule has 0 spiro atoms. The Morgan fingerprint density at radius 3 is 2.45 bits per heavy atom. The molecule has 0 saturated carbocycles. The maximum atomic E-state index is 13.2. The highest BCUT2D eigenvalue weighted by Crippen LogP contribution is 2.32. The third-order valence-electron chi connectivity index (χ3n) is 5.33. The highest BCUT2D eigenvalue weighted by molar-refractivity contribution is 6.30. The van der Waals surface area contributed by atoms with Crippen LogP contribution in [0.15, 0.2) is 60.9 Å². The van der Waals surface area contributed by atoms with Crippen LogP contribution in [-0.4, -0.2) is 36.0 Å². The fourth-order valence-electron chi connectivity index (χ4n) is 3.76. The summed E-state index contributed by atoms with van der Waals surface area (Å²) in [6.45, 7) is 1.53. The molecule has 0 atom stereocenters. The van der Waals surface area contributed by atoms with Gasteiger partial charge in [0, 0.05) is 36.4 Å². The van der Waals surface area contributed by atoms with Gasteiger partial charge in [-0.15, -0.1) is 0 Å². The number of anilines is 1. The van der Waals surface area contributed by atoms with Crippen LogP contribution in [0.4, 0.5) is 5.95 Å². The van der Waals surface area contributed by atoms with Crippen LogP contribution in [0.2, 0.25) is 5.02 Å². The maximum Gasteiger partial charge on any atom is 0.225 e. The number of hydrogen-bond acceptors (Lipinski definition) is 5. The van der Waals surface area contributed by atoms with Crippen LogP contribution >= 0.6 is 11.6 Å². The fourth-order valence-corrected chi connectivity index (χ4v) is 3.95. The molecule has 1 aliphatic heterocycles. The van der Waals surface area contributed by atoms with Gasteiger partial charge in [0.2, 0.25) is 5.95 Å². The molecule has 0 N–H and O–H groups in total. The van der Waals surface area contributed by atoms with Gasteiger partial charge in [0.05, 0.1) is 12.7 Å². The number of nitrogens with zero attached hydrogens (tertiary/aromatic N) is 3. The van der Waals surface area contributed by atoms with Gasteiger partial charge in [-0.05, 0) is 54.3 Å². The Morgan fingerprint density at radius 2 is 1.76 bits per heavy atom. The topological polar surface area (TPSA) is 55.3 Å². The highest BCUT2D eigenvalue weighted by Gasteiger charge is 2.28. The van der Waals surface area contributed by atoms with Crippen molar-refractivity contribution in [2.75, 3.05) is 25.1 Å². The lowest BCUT2D eigenvalue weighted by Crippen LogP contribution is -2.37. The third-order valence-corrected chi connectivity index (χ3v) is 5.56. The van der Waals surface area contributed by atoms with E-state index >= 15 is 0 Å². The van der Waals surface area contributed by atoms with Gasteiger partial charge in [0.15, 0.2) is 5.78 Å². The summed E-state index contributed by atoms with van der Waals surface area (Å²) in [6.07, 6.45) is 5.03. The Hall–Kier alpha value is -2.92. The van der Waals surface area contributed by atoms with Gasteiger partial charge in [0.25, 0.3) is 0 Å². The number of methoxy groups -OCH3 is 1. The zero-order valence-corrected chi connectivity index (χ0v) is 17.0. The van der Waals surface area contributed by atoms with Crippen molar-refractivity contribution in [1.82, 2.24) is 9.97 Å². The minimum absolute atomic E-state index is 0.0270. The van der Waals surface area contributed by atoms with E-state index in [0.29, 0.717) is 16.3 Å². The SMILES string of the molecule is COc1cc(-c2cccc(Cl)c2)ccc1C(=O)C1CCN(c2ncccn2)CC1. The van der Waals surface area contributed by atoms with Gasteiger partial charge in [-0.3, -0.25) is 4.79 Å². The molecule has 0 bridgehead atoms. The van der Waals surface area contributed by atoms with E-state index in [4.69, 9.17) is 16.3 Å². The number of piperidine rings is 1. The minimum atomic E-state index is -0.0270. The number of halogens is 1. The standard InChI is InChI=1S/C23H22ClN3O2/c1-29-21-15-18(17-4-2-5-19(24)14-17)6-7-20(21)22(28)16-8-12-27(13-9-16)23-25-10-3-11-26-23/h2-7,10-11,14-16H,8-9,12-13H2,1H3. The van der Waals surface area contributed by atoms with E-state index in [0.717, 1.165) is 43.0 Å². The summed E-state index contributed by atoms with van der Waals surface area (Å²) in [4.78, 5) is 23.9. The van der Waals surface area contributed by atoms with Crippen molar-refractivity contribution in [3.63, 3.8) is 0 Å². The number of carbonyl (C=O) groups is 1. The lowest BCUT2D eigenvalue weighted by molar-refractivity contribution is 0.0897. The third kappa shape index (κ3) is 4.25. The van der Waals surface area contributed by atoms with E-state index < -0.39 is 0 Å². The second-order valence-electron chi connectivity index (χ2n) is 7.10. The zero-order valence-electron chi connectivity index (χ0n) is 16.2. The van der Waals surface area contributed by atoms with Crippen LogP contribution < -0.4 is 9.64 Å². The largest absolute Gasteiger partial charge is 0.496 e. The number of ether oxygens (including phenoxy) is 1. The van der Waals surface area contributed by atoms with E-state index in [9.17, 15) is 4.79 Å². The molecule has 5 nitrogen and oxygen atoms in total. The van der Waals surface area contributed by atoms with Crippen molar-refractivity contribution in [2.45, 2.75) is 12.8 Å². The summed E-state index contributed by atoms with van der Waals surface area (Å²) < 4.78 is 5.56. The molecule has 0 unspecified atom stereocenters. The van der Waals surface area contributed by atoms with E-state index in [2.05, 4.69) is 14.9 Å². The second kappa shape index (κ2) is 8.62. The molecule has 3 aromatic rings. The normalized spacial score (nSPS) is 14.6. The minimum Gasteiger partial charge on any atom is -0.496 e. The van der Waals surface area contributed by atoms with Gasteiger partial charge >= 0.3 is 0 Å². The number of Topliss-reactive ketones (excluding diaryl/α,β-unsaturated/α-hetero) is 1. The number of ketones is 1. The van der Waals surface area contributed by atoms with E-state index in [1.807, 2.05) is 42.5 Å². The van der Waals surface area contributed by atoms with Crippen molar-refractivity contribution in [3.05, 3.63) is 71.5 Å². The second-order valence-corrected chi connectivity index (χ2v) is 7.54. The summed E-state index contributed by atoms with van der Waals surface area (Å²) in [7, 11) is 1.60. The van der Waals surface area contributed by atoms with E-state index in [1.165, 1.54) is 0 Å². The molecule has 0 aliphatic carbocycles. The van der Waals surface area contributed by atoms with Crippen LogP contribution in [0.25, 0.3) is 11.1 Å². The first-order valence-corrected chi connectivity index (χ1v) is 10.0. The average Bonchev–Trinajstić information content (AvgIpc) is 2.79. The van der Waals surface area contributed by atoms with E-state index in [1.54, 1.807) is 25.6 Å². The summed E-state index contributed by atoms with van der Waals surface area (Å²) in [5.74, 6) is 1.43. The monoisotopic (exact) mass is 407 g/mol. The molecular weight excluding hydrogens is 386 g/mol. The van der Waals surface area contributed by atoms with Crippen LogP contribution in [0.3, 0.4) is 0 Å². The Balaban J connectivity index is 1.50. The summed E-state index contributed by atoms with van der Waals surface area (Å²) >= 11 is 6.11. The molecule has 0 radical (unpaired) electrons. The van der Waals surface area contributed by atoms with Crippen molar-refractivity contribution in [2.24, 2.45) is 5.92 Å². The number of aromatic nitrogens is 2. The van der Waals surface area contributed by atoms with Gasteiger partial charge in [-0.1, -0.05) is 29.8 Å². The number of hydrogen-bond donors (Lipinski definition) is 0. The molecule has 1 aromatic heterocycles. The molecule has 6 heteroatoms. The number of rotatable bonds is 5.